The van der Waals surface area contributed by atoms with Crippen LogP contribution in [0, 0.1) is 0 Å². The summed E-state index contributed by atoms with van der Waals surface area (Å²) in [4.78, 5) is 2.66. The van der Waals surface area contributed by atoms with Gasteiger partial charge in [0, 0.05) is 0 Å². The van der Waals surface area contributed by atoms with E-state index < -0.39 is 33.0 Å². The molecule has 2 aromatic rings. The van der Waals surface area contributed by atoms with Gasteiger partial charge in [-0.2, -0.15) is 31.3 Å². The number of hydrogen-bond acceptors (Lipinski definition) is 5. The lowest BCUT2D eigenvalue weighted by atomic mass is 10.1. The third kappa shape index (κ3) is 3.70. The fourth-order valence-corrected chi connectivity index (χ4v) is 3.31. The number of nitrogens with two attached hydrogens (primary N) is 1. The maximum Gasteiger partial charge on any atom is 0.453 e. The summed E-state index contributed by atoms with van der Waals surface area (Å²) in [5, 5.41) is 3.16. The first kappa shape index (κ1) is 19.4. The standard InChI is InChI=1S/C12H10ClF3N4O3S.FH/c13-7-3-6(5-1-2-5)9(24(21,22)23)4-8(7)20-11(17)18-10(19-20)12(14,15)16;/h3-5H,1-2H2,(H2,17,18,19)(H,21,22,23);1H. The molecule has 25 heavy (non-hydrogen) atoms. The predicted molar refractivity (Wildman–Crippen MR) is 80.1 cm³/mol. The van der Waals surface area contributed by atoms with Crippen LogP contribution in [0.25, 0.3) is 5.69 Å². The van der Waals surface area contributed by atoms with Crippen molar-refractivity contribution in [2.75, 3.05) is 5.73 Å². The Kier molecular flexibility index (Phi) is 4.74. The van der Waals surface area contributed by atoms with Crippen molar-refractivity contribution >= 4 is 27.7 Å². The van der Waals surface area contributed by atoms with Crippen molar-refractivity contribution in [1.82, 2.24) is 14.8 Å². The van der Waals surface area contributed by atoms with Crippen LogP contribution in [0.4, 0.5) is 23.8 Å². The number of alkyl halides is 3. The third-order valence-electron chi connectivity index (χ3n) is 3.49. The molecule has 1 aliphatic carbocycles. The molecule has 3 N–H and O–H groups in total. The van der Waals surface area contributed by atoms with E-state index in [9.17, 15) is 26.1 Å². The van der Waals surface area contributed by atoms with E-state index in [1.807, 2.05) is 0 Å². The van der Waals surface area contributed by atoms with Crippen LogP contribution in [0.2, 0.25) is 5.02 Å². The number of aromatic nitrogens is 3. The Balaban J connectivity index is 0.00000225. The van der Waals surface area contributed by atoms with Crippen molar-refractivity contribution in [1.29, 1.82) is 0 Å². The first-order chi connectivity index (χ1) is 11.0. The minimum absolute atomic E-state index is 0. The average Bonchev–Trinajstić information content (AvgIpc) is 3.19. The number of halogens is 5. The Morgan fingerprint density at radius 2 is 1.92 bits per heavy atom. The minimum Gasteiger partial charge on any atom is -0.368 e. The van der Waals surface area contributed by atoms with Crippen LogP contribution >= 0.6 is 11.6 Å². The quantitative estimate of drug-likeness (QED) is 0.603. The van der Waals surface area contributed by atoms with Gasteiger partial charge in [-0.05, 0) is 36.5 Å². The van der Waals surface area contributed by atoms with E-state index in [1.165, 1.54) is 6.07 Å². The second-order valence-electron chi connectivity index (χ2n) is 5.29. The van der Waals surface area contributed by atoms with Gasteiger partial charge in [-0.25, -0.2) is 0 Å². The molecule has 13 heteroatoms. The molecule has 3 rings (SSSR count). The highest BCUT2D eigenvalue weighted by molar-refractivity contribution is 7.85. The van der Waals surface area contributed by atoms with Gasteiger partial charge in [0.15, 0.2) is 0 Å². The number of anilines is 1. The van der Waals surface area contributed by atoms with Crippen LogP contribution in [0.1, 0.15) is 30.1 Å². The van der Waals surface area contributed by atoms with Gasteiger partial charge in [0.1, 0.15) is 0 Å². The normalized spacial score (nSPS) is 15.1. The molecule has 0 unspecified atom stereocenters. The lowest BCUT2D eigenvalue weighted by Gasteiger charge is -2.12. The van der Waals surface area contributed by atoms with Gasteiger partial charge in [-0.1, -0.05) is 11.6 Å². The number of benzene rings is 1. The van der Waals surface area contributed by atoms with Gasteiger partial charge < -0.3 is 5.73 Å². The van der Waals surface area contributed by atoms with Crippen LogP contribution < -0.4 is 5.73 Å². The monoisotopic (exact) mass is 402 g/mol. The first-order valence-electron chi connectivity index (χ1n) is 6.59. The predicted octanol–water partition coefficient (Wildman–Crippen LogP) is 2.80. The summed E-state index contributed by atoms with van der Waals surface area (Å²) in [6.07, 6.45) is -3.38. The smallest absolute Gasteiger partial charge is 0.368 e. The second-order valence-corrected chi connectivity index (χ2v) is 7.09. The molecule has 1 aliphatic rings. The maximum atomic E-state index is 12.7. The molecule has 0 bridgehead atoms. The number of hydrogen-bond donors (Lipinski definition) is 2. The molecule has 1 aromatic heterocycles. The fraction of sp³-hybridized carbons (Fsp3) is 0.333. The van der Waals surface area contributed by atoms with E-state index in [2.05, 4.69) is 10.1 Å². The summed E-state index contributed by atoms with van der Waals surface area (Å²) in [5.41, 5.74) is 5.51. The molecule has 138 valence electrons. The molecule has 0 atom stereocenters. The van der Waals surface area contributed by atoms with Gasteiger partial charge in [0.25, 0.3) is 15.9 Å². The molecule has 0 radical (unpaired) electrons. The Hall–Kier alpha value is -1.92. The summed E-state index contributed by atoms with van der Waals surface area (Å²) < 4.78 is 71.2. The number of rotatable bonds is 3. The van der Waals surface area contributed by atoms with Crippen molar-refractivity contribution in [3.63, 3.8) is 0 Å². The van der Waals surface area contributed by atoms with E-state index in [0.717, 1.165) is 18.9 Å². The topological polar surface area (TPSA) is 111 Å². The van der Waals surface area contributed by atoms with Crippen molar-refractivity contribution in [3.8, 4) is 5.69 Å². The summed E-state index contributed by atoms with van der Waals surface area (Å²) in [6, 6.07) is 2.22. The third-order valence-corrected chi connectivity index (χ3v) is 4.70. The van der Waals surface area contributed by atoms with Crippen LogP contribution in [0.3, 0.4) is 0 Å². The van der Waals surface area contributed by atoms with E-state index in [-0.39, 0.29) is 21.3 Å². The van der Waals surface area contributed by atoms with E-state index >= 15 is 0 Å². The summed E-state index contributed by atoms with van der Waals surface area (Å²) in [6.45, 7) is 0. The van der Waals surface area contributed by atoms with Crippen LogP contribution in [0.5, 0.6) is 0 Å². The average molecular weight is 403 g/mol. The fourth-order valence-electron chi connectivity index (χ4n) is 2.28. The molecule has 1 fully saturated rings. The summed E-state index contributed by atoms with van der Waals surface area (Å²) >= 11 is 6.05. The summed E-state index contributed by atoms with van der Waals surface area (Å²) in [5.74, 6) is -2.19. The van der Waals surface area contributed by atoms with Crippen molar-refractivity contribution < 1.29 is 30.8 Å². The summed E-state index contributed by atoms with van der Waals surface area (Å²) in [7, 11) is -4.60. The van der Waals surface area contributed by atoms with Crippen LogP contribution in [0.15, 0.2) is 17.0 Å². The molecule has 1 aromatic carbocycles. The highest BCUT2D eigenvalue weighted by Gasteiger charge is 2.37. The maximum absolute atomic E-state index is 12.7. The lowest BCUT2D eigenvalue weighted by Crippen LogP contribution is -2.10. The molecule has 0 saturated heterocycles. The Bertz CT molecular complexity index is 925. The van der Waals surface area contributed by atoms with Crippen molar-refractivity contribution in [2.45, 2.75) is 29.8 Å². The molecule has 1 heterocycles. The van der Waals surface area contributed by atoms with Crippen molar-refractivity contribution in [3.05, 3.63) is 28.5 Å². The number of nitrogens with zero attached hydrogens (tertiary/aromatic N) is 3. The molecular weight excluding hydrogens is 392 g/mol. The molecular formula is C12H11ClF4N4O3S. The number of nitrogen functional groups attached to an aromatic ring is 1. The lowest BCUT2D eigenvalue weighted by molar-refractivity contribution is -0.144. The zero-order valence-corrected chi connectivity index (χ0v) is 13.7. The minimum atomic E-state index is -4.83. The highest BCUT2D eigenvalue weighted by Crippen LogP contribution is 2.45. The van der Waals surface area contributed by atoms with Gasteiger partial charge >= 0.3 is 6.18 Å². The Morgan fingerprint density at radius 3 is 2.36 bits per heavy atom. The largest absolute Gasteiger partial charge is 0.453 e. The molecule has 1 saturated carbocycles. The van der Waals surface area contributed by atoms with Crippen LogP contribution in [-0.2, 0) is 16.3 Å². The Morgan fingerprint density at radius 1 is 1.32 bits per heavy atom. The van der Waals surface area contributed by atoms with Crippen molar-refractivity contribution in [2.24, 2.45) is 0 Å². The second kappa shape index (κ2) is 6.11. The SMILES string of the molecule is F.Nc1nc(C(F)(F)F)nn1-c1cc(S(=O)(=O)O)c(C2CC2)cc1Cl. The Labute approximate surface area is 143 Å². The molecule has 0 aliphatic heterocycles. The molecule has 7 nitrogen and oxygen atoms in total. The van der Waals surface area contributed by atoms with Gasteiger partial charge in [-0.15, -0.1) is 5.10 Å². The highest BCUT2D eigenvalue weighted by atomic mass is 35.5. The van der Waals surface area contributed by atoms with E-state index in [4.69, 9.17) is 17.3 Å². The first-order valence-corrected chi connectivity index (χ1v) is 8.41. The zero-order chi connectivity index (χ0) is 17.9. The van der Waals surface area contributed by atoms with Crippen LogP contribution in [-0.4, -0.2) is 27.7 Å². The zero-order valence-electron chi connectivity index (χ0n) is 12.2. The van der Waals surface area contributed by atoms with Gasteiger partial charge in [0.05, 0.1) is 15.6 Å². The van der Waals surface area contributed by atoms with Gasteiger partial charge in [0.2, 0.25) is 5.95 Å². The molecule has 0 amide bonds. The van der Waals surface area contributed by atoms with E-state index in [1.54, 1.807) is 0 Å². The molecule has 0 spiro atoms. The van der Waals surface area contributed by atoms with E-state index in [0.29, 0.717) is 10.2 Å². The van der Waals surface area contributed by atoms with Gasteiger partial charge in [-0.3, -0.25) is 9.26 Å².